The number of nitrogens with zero attached hydrogens (tertiary/aromatic N) is 15. The van der Waals surface area contributed by atoms with Crippen LogP contribution in [0.3, 0.4) is 0 Å². The van der Waals surface area contributed by atoms with Crippen LogP contribution in [0.2, 0.25) is 0 Å². The van der Waals surface area contributed by atoms with Crippen molar-refractivity contribution in [2.24, 2.45) is 7.05 Å². The second kappa shape index (κ2) is 28.2. The molecule has 0 amide bonds. The molecule has 1 N–H and O–H groups in total. The van der Waals surface area contributed by atoms with Crippen molar-refractivity contribution in [3.05, 3.63) is 327 Å². The van der Waals surface area contributed by atoms with Crippen molar-refractivity contribution in [3.8, 4) is 51.4 Å². The maximum atomic E-state index is 13.2. The van der Waals surface area contributed by atoms with Crippen LogP contribution in [0.5, 0.6) is 0 Å². The van der Waals surface area contributed by atoms with Gasteiger partial charge < -0.3 is 19.9 Å². The third-order valence-corrected chi connectivity index (χ3v) is 18.5. The number of hydrogen-bond acceptors (Lipinski definition) is 6. The number of imidazole rings is 3. The number of aromatic carboxylic acids is 1. The predicted octanol–water partition coefficient (Wildman–Crippen LogP) is 11.2. The van der Waals surface area contributed by atoms with E-state index in [2.05, 4.69) is 301 Å². The van der Waals surface area contributed by atoms with E-state index in [0.717, 1.165) is 45.1 Å². The molecule has 16 heterocycles. The molecular weight excluding hydrogens is 1430 g/mol. The Morgan fingerprint density at radius 2 is 1.28 bits per heavy atom. The van der Waals surface area contributed by atoms with Gasteiger partial charge >= 0.3 is 17.6 Å². The number of anilines is 1. The Morgan fingerprint density at radius 1 is 0.610 bits per heavy atom. The van der Waals surface area contributed by atoms with E-state index in [1.165, 1.54) is 108 Å². The SMILES string of the molecule is CN1C=CN2c3ccccc3CC12.C[n+]1ccn2c1-c1cccc[n+]1C2.Cc1cccc(C)c1-n1cc[n+]2c1-c1cccc[n+]1C2.Fc1c[c-]c(-c2ccccn2)c(F)c1.O=C(O)c1ccccn1.[Ir].c1cc2c3c(c1)c1ccccc1n1cc[n+](c31)C2.c1cc[n+]2c(c1)-c1ccnn1C2. The number of pyridine rings is 6. The van der Waals surface area contributed by atoms with E-state index in [9.17, 15) is 13.6 Å². The zero-order chi connectivity index (χ0) is 67.7. The van der Waals surface area contributed by atoms with Gasteiger partial charge in [-0.3, -0.25) is 8.78 Å². The quantitative estimate of drug-likeness (QED) is 0.106. The predicted molar refractivity (Wildman–Crippen MR) is 371 cm³/mol. The average Bonchev–Trinajstić information content (AvgIpc) is 1.54. The first kappa shape index (κ1) is 65.3. The van der Waals surface area contributed by atoms with Gasteiger partial charge in [-0.05, 0) is 90.8 Å². The monoisotopic (exact) mass is 1500 g/mol. The molecule has 0 aliphatic carbocycles. The van der Waals surface area contributed by atoms with Gasteiger partial charge in [0.05, 0.1) is 18.6 Å². The number of carboxylic acids is 1. The molecule has 0 spiro atoms. The Balaban J connectivity index is 0.000000100. The van der Waals surface area contributed by atoms with Crippen molar-refractivity contribution in [3.63, 3.8) is 0 Å². The number of hydrogen-bond donors (Lipinski definition) is 1. The van der Waals surface area contributed by atoms with Crippen molar-refractivity contribution in [2.45, 2.75) is 53.0 Å². The van der Waals surface area contributed by atoms with Crippen LogP contribution in [-0.4, -0.2) is 62.5 Å². The molecular formula is C80H70F2IrN15O2+5. The van der Waals surface area contributed by atoms with Gasteiger partial charge in [-0.25, -0.2) is 18.9 Å². The Morgan fingerprint density at radius 3 is 2.03 bits per heavy atom. The number of halogens is 2. The fraction of sp³-hybridized carbons (Fsp3) is 0.125. The molecule has 1 unspecified atom stereocenters. The summed E-state index contributed by atoms with van der Waals surface area (Å²) >= 11 is 0. The number of likely N-dealkylation sites (N-methyl/N-ethyl adjacent to an activating group) is 1. The summed E-state index contributed by atoms with van der Waals surface area (Å²) in [7, 11) is 4.21. The summed E-state index contributed by atoms with van der Waals surface area (Å²) in [5.74, 6) is 0.255. The van der Waals surface area contributed by atoms with E-state index in [1.54, 1.807) is 36.5 Å². The largest absolute Gasteiger partial charge is 0.477 e. The van der Waals surface area contributed by atoms with Crippen LogP contribution in [-0.2, 0) is 60.1 Å². The fourth-order valence-corrected chi connectivity index (χ4v) is 13.9. The third kappa shape index (κ3) is 12.6. The van der Waals surface area contributed by atoms with E-state index in [4.69, 9.17) is 5.11 Å². The molecule has 10 aromatic heterocycles. The second-order valence-electron chi connectivity index (χ2n) is 24.6. The van der Waals surface area contributed by atoms with Gasteiger partial charge in [0.15, 0.2) is 18.6 Å². The van der Waals surface area contributed by atoms with Gasteiger partial charge in [-0.1, -0.05) is 103 Å². The van der Waals surface area contributed by atoms with Crippen LogP contribution in [0.4, 0.5) is 14.5 Å². The van der Waals surface area contributed by atoms with Crippen molar-refractivity contribution >= 4 is 39.0 Å². The van der Waals surface area contributed by atoms with E-state index in [-0.39, 0.29) is 31.4 Å². The number of aromatic nitrogens is 13. The summed E-state index contributed by atoms with van der Waals surface area (Å²) in [6.07, 6.45) is 30.0. The van der Waals surface area contributed by atoms with Crippen molar-refractivity contribution < 1.29 is 66.2 Å². The van der Waals surface area contributed by atoms with Crippen LogP contribution >= 0.6 is 0 Å². The van der Waals surface area contributed by atoms with E-state index in [1.807, 2.05) is 23.0 Å². The topological polar surface area (TPSA) is 125 Å². The Labute approximate surface area is 589 Å². The van der Waals surface area contributed by atoms with Crippen LogP contribution in [0, 0.1) is 31.5 Å². The first-order valence-electron chi connectivity index (χ1n) is 32.7. The van der Waals surface area contributed by atoms with Crippen LogP contribution in [0.25, 0.3) is 78.7 Å². The molecule has 0 fully saturated rings. The molecule has 0 saturated heterocycles. The van der Waals surface area contributed by atoms with Crippen molar-refractivity contribution in [1.29, 1.82) is 0 Å². The zero-order valence-electron chi connectivity index (χ0n) is 55.3. The number of para-hydroxylation sites is 3. The Bertz CT molecular complexity index is 5540. The standard InChI is InChI=1S/C17H17N3.C16H11N2.C11H6F2N.C11H12N2.C10H11N3.C9H8N3.C6H5NO2.Ir/c1-13-6-5-7-14(2)16(13)20-11-10-19-12-18-9-4-3-8-15(18)17(19)20;1-2-7-14-12(5-1)13-6-3-4-11-10-17-8-9-18(14)16(17)15(11)13;12-8-4-5-9(10(13)7-8)11-3-1-2-6-14-11;1-12-6-7-13-10-5-3-2-4-9(10)8-11(12)13;1-11-6-7-13-8-12-5-3-2-4-9(12)10(11)13;1-2-6-11-7-12-9(4-5-10-12)8(11)3-1;8-6(9)5-3-1-2-4-7-5;/h3-11H,12H2,1-2H3;1-9H,10H2;1-4,6-7H;2-7,11H,8H2,1H3;2-7H,8H2,1H3;1-6H,7H2;1-4H,(H,8,9);/q+2;+1;-1;;+2;+1;;. The minimum Gasteiger partial charge on any atom is -0.477 e. The van der Waals surface area contributed by atoms with Gasteiger partial charge in [0, 0.05) is 128 Å². The molecule has 6 aliphatic heterocycles. The number of rotatable bonds is 3. The summed E-state index contributed by atoms with van der Waals surface area (Å²) in [4.78, 5) is 22.3. The summed E-state index contributed by atoms with van der Waals surface area (Å²) in [5.41, 5.74) is 16.5. The molecule has 100 heavy (non-hydrogen) atoms. The summed E-state index contributed by atoms with van der Waals surface area (Å²) < 4.78 is 48.1. The molecule has 21 rings (SSSR count). The molecule has 1 radical (unpaired) electrons. The molecule has 6 aliphatic rings. The minimum atomic E-state index is -0.990. The van der Waals surface area contributed by atoms with Crippen molar-refractivity contribution in [1.82, 2.24) is 38.2 Å². The van der Waals surface area contributed by atoms with Crippen LogP contribution in [0.1, 0.15) is 32.7 Å². The minimum absolute atomic E-state index is 0. The molecule has 1 atom stereocenters. The van der Waals surface area contributed by atoms with Crippen LogP contribution in [0.15, 0.2) is 281 Å². The fourth-order valence-electron chi connectivity index (χ4n) is 13.9. The molecule has 495 valence electrons. The summed E-state index contributed by atoms with van der Waals surface area (Å²) in [6, 6.07) is 65.6. The number of carboxylic acid groups (broad SMARTS) is 1. The van der Waals surface area contributed by atoms with E-state index in [0.29, 0.717) is 11.9 Å². The maximum Gasteiger partial charge on any atom is 0.365 e. The first-order chi connectivity index (χ1) is 48.4. The first-order valence-corrected chi connectivity index (χ1v) is 32.7. The van der Waals surface area contributed by atoms with Gasteiger partial charge in [-0.2, -0.15) is 41.6 Å². The molecule has 20 heteroatoms. The molecule has 0 saturated carbocycles. The number of benzene rings is 5. The maximum absolute atomic E-state index is 13.2. The number of fused-ring (bicyclic) bond motifs is 15. The number of aryl methyl sites for hydroxylation is 3. The van der Waals surface area contributed by atoms with E-state index >= 15 is 0 Å². The second-order valence-corrected chi connectivity index (χ2v) is 24.6. The molecule has 17 nitrogen and oxygen atoms in total. The zero-order valence-corrected chi connectivity index (χ0v) is 57.7. The summed E-state index contributed by atoms with van der Waals surface area (Å²) in [6.45, 7) is 8.02. The normalized spacial score (nSPS) is 13.3. The van der Waals surface area contributed by atoms with Crippen molar-refractivity contribution in [2.75, 3.05) is 11.9 Å². The van der Waals surface area contributed by atoms with Crippen LogP contribution < -0.4 is 32.3 Å². The molecule has 15 aromatic rings. The molecule has 0 bridgehead atoms. The smallest absolute Gasteiger partial charge is 0.365 e. The average molecular weight is 1500 g/mol. The van der Waals surface area contributed by atoms with Gasteiger partial charge in [-0.15, -0.1) is 12.1 Å². The Hall–Kier alpha value is -12.0. The van der Waals surface area contributed by atoms with Gasteiger partial charge in [0.1, 0.15) is 72.5 Å². The number of carbonyl (C=O) groups is 1. The molecule has 5 aromatic carbocycles. The van der Waals surface area contributed by atoms with Gasteiger partial charge in [0.25, 0.3) is 30.4 Å². The van der Waals surface area contributed by atoms with E-state index < -0.39 is 17.6 Å². The summed E-state index contributed by atoms with van der Waals surface area (Å²) in [5, 5.41) is 16.7. The van der Waals surface area contributed by atoms with Gasteiger partial charge in [0.2, 0.25) is 12.4 Å². The Kier molecular flexibility index (Phi) is 18.4. The third-order valence-electron chi connectivity index (χ3n) is 18.5.